The summed E-state index contributed by atoms with van der Waals surface area (Å²) in [5, 5.41) is 0. The molecule has 0 radical (unpaired) electrons. The first kappa shape index (κ1) is 10.6. The van der Waals surface area contributed by atoms with Gasteiger partial charge in [0.15, 0.2) is 0 Å². The van der Waals surface area contributed by atoms with Gasteiger partial charge < -0.3 is 4.74 Å². The maximum Gasteiger partial charge on any atom is 0.0916 e. The molecule has 0 bridgehead atoms. The highest BCUT2D eigenvalue weighted by Gasteiger charge is 1.83. The van der Waals surface area contributed by atoms with E-state index in [1.54, 1.807) is 7.11 Å². The Bertz CT molecular complexity index is 109. The number of allylic oxidation sites excluding steroid dienone is 1. The lowest BCUT2D eigenvalue weighted by atomic mass is 10.3. The zero-order valence-electron chi connectivity index (χ0n) is 7.52. The van der Waals surface area contributed by atoms with Crippen LogP contribution in [0.3, 0.4) is 0 Å². The number of hydrogen-bond donors (Lipinski definition) is 1. The molecule has 3 nitrogen and oxygen atoms in total. The Morgan fingerprint density at radius 3 is 2.64 bits per heavy atom. The molecule has 0 saturated heterocycles. The van der Waals surface area contributed by atoms with E-state index in [0.29, 0.717) is 13.2 Å². The third-order valence-electron chi connectivity index (χ3n) is 1.09. The van der Waals surface area contributed by atoms with Crippen LogP contribution in [-0.4, -0.2) is 26.9 Å². The van der Waals surface area contributed by atoms with Crippen molar-refractivity contribution >= 4 is 0 Å². The summed E-state index contributed by atoms with van der Waals surface area (Å²) in [6.07, 6.45) is 2.06. The van der Waals surface area contributed by atoms with E-state index < -0.39 is 0 Å². The Kier molecular flexibility index (Phi) is 7.46. The fourth-order valence-electron chi connectivity index (χ4n) is 0.502. The van der Waals surface area contributed by atoms with Gasteiger partial charge in [0.05, 0.1) is 13.2 Å². The van der Waals surface area contributed by atoms with Crippen molar-refractivity contribution in [3.63, 3.8) is 0 Å². The van der Waals surface area contributed by atoms with Crippen molar-refractivity contribution in [1.82, 2.24) is 5.48 Å². The summed E-state index contributed by atoms with van der Waals surface area (Å²) in [6.45, 7) is 6.08. The highest BCUT2D eigenvalue weighted by molar-refractivity contribution is 4.93. The van der Waals surface area contributed by atoms with Crippen LogP contribution in [0.5, 0.6) is 0 Å². The molecule has 66 valence electrons. The van der Waals surface area contributed by atoms with Crippen LogP contribution >= 0.6 is 0 Å². The summed E-state index contributed by atoms with van der Waals surface area (Å²) < 4.78 is 4.79. The molecule has 0 saturated carbocycles. The van der Waals surface area contributed by atoms with E-state index in [4.69, 9.17) is 9.57 Å². The molecule has 0 aromatic heterocycles. The summed E-state index contributed by atoms with van der Waals surface area (Å²) in [7, 11) is 1.65. The van der Waals surface area contributed by atoms with E-state index in [1.807, 2.05) is 0 Å². The Balaban J connectivity index is 2.97. The molecule has 0 rings (SSSR count). The van der Waals surface area contributed by atoms with E-state index in [0.717, 1.165) is 6.54 Å². The second-order valence-electron chi connectivity index (χ2n) is 2.47. The normalized spacial score (nSPS) is 9.73. The van der Waals surface area contributed by atoms with Crippen LogP contribution < -0.4 is 5.48 Å². The number of nitrogens with one attached hydrogen (secondary N) is 1. The second kappa shape index (κ2) is 7.72. The van der Waals surface area contributed by atoms with E-state index in [9.17, 15) is 0 Å². The van der Waals surface area contributed by atoms with Gasteiger partial charge >= 0.3 is 0 Å². The van der Waals surface area contributed by atoms with E-state index in [-0.39, 0.29) is 0 Å². The van der Waals surface area contributed by atoms with Crippen LogP contribution in [0.15, 0.2) is 11.6 Å². The maximum atomic E-state index is 5.00. The van der Waals surface area contributed by atoms with Crippen molar-refractivity contribution in [2.75, 3.05) is 26.9 Å². The molecule has 0 fully saturated rings. The van der Waals surface area contributed by atoms with Crippen molar-refractivity contribution in [2.24, 2.45) is 0 Å². The van der Waals surface area contributed by atoms with Crippen LogP contribution in [0, 0.1) is 0 Å². The first-order chi connectivity index (χ1) is 5.27. The minimum atomic E-state index is 0.590. The highest BCUT2D eigenvalue weighted by Crippen LogP contribution is 1.84. The molecule has 0 spiro atoms. The van der Waals surface area contributed by atoms with Crippen LogP contribution in [0.25, 0.3) is 0 Å². The molecule has 0 unspecified atom stereocenters. The molecule has 11 heavy (non-hydrogen) atoms. The minimum absolute atomic E-state index is 0.590. The predicted molar refractivity (Wildman–Crippen MR) is 45.3 cm³/mol. The van der Waals surface area contributed by atoms with E-state index >= 15 is 0 Å². The molecule has 0 atom stereocenters. The largest absolute Gasteiger partial charge is 0.382 e. The van der Waals surface area contributed by atoms with Gasteiger partial charge in [-0.1, -0.05) is 11.6 Å². The fraction of sp³-hybridized carbons (Fsp3) is 0.750. The molecule has 1 N–H and O–H groups in total. The van der Waals surface area contributed by atoms with Gasteiger partial charge in [-0.2, -0.15) is 5.48 Å². The van der Waals surface area contributed by atoms with Gasteiger partial charge in [-0.25, -0.2) is 0 Å². The Labute approximate surface area is 68.3 Å². The molecule has 0 heterocycles. The average Bonchev–Trinajstić information content (AvgIpc) is 1.96. The first-order valence-corrected chi connectivity index (χ1v) is 3.74. The lowest BCUT2D eigenvalue weighted by Crippen LogP contribution is -2.17. The standard InChI is InChI=1S/C8H17NO2/c1-8(2)4-5-9-11-7-6-10-3/h4,9H,5-7H2,1-3H3. The van der Waals surface area contributed by atoms with Gasteiger partial charge in [0.25, 0.3) is 0 Å². The molecule has 3 heteroatoms. The monoisotopic (exact) mass is 159 g/mol. The third kappa shape index (κ3) is 9.62. The fourth-order valence-corrected chi connectivity index (χ4v) is 0.502. The lowest BCUT2D eigenvalue weighted by molar-refractivity contribution is 0.0122. The lowest BCUT2D eigenvalue weighted by Gasteiger charge is -2.01. The molecule has 0 aliphatic rings. The van der Waals surface area contributed by atoms with Crippen LogP contribution in [0.4, 0.5) is 0 Å². The van der Waals surface area contributed by atoms with Crippen molar-refractivity contribution in [3.8, 4) is 0 Å². The first-order valence-electron chi connectivity index (χ1n) is 3.74. The number of methoxy groups -OCH3 is 1. The number of rotatable bonds is 6. The SMILES string of the molecule is COCCONCC=C(C)C. The van der Waals surface area contributed by atoms with Crippen LogP contribution in [0.2, 0.25) is 0 Å². The smallest absolute Gasteiger partial charge is 0.0916 e. The summed E-state index contributed by atoms with van der Waals surface area (Å²) >= 11 is 0. The van der Waals surface area contributed by atoms with E-state index in [2.05, 4.69) is 25.4 Å². The van der Waals surface area contributed by atoms with Gasteiger partial charge in [0, 0.05) is 13.7 Å². The van der Waals surface area contributed by atoms with Crippen molar-refractivity contribution in [2.45, 2.75) is 13.8 Å². The maximum absolute atomic E-state index is 5.00. The molecule has 0 aromatic rings. The topological polar surface area (TPSA) is 30.5 Å². The van der Waals surface area contributed by atoms with Crippen molar-refractivity contribution < 1.29 is 9.57 Å². The van der Waals surface area contributed by atoms with Crippen molar-refractivity contribution in [3.05, 3.63) is 11.6 Å². The highest BCUT2D eigenvalue weighted by atomic mass is 16.7. The van der Waals surface area contributed by atoms with Gasteiger partial charge in [0.1, 0.15) is 0 Å². The average molecular weight is 159 g/mol. The van der Waals surface area contributed by atoms with Gasteiger partial charge in [-0.3, -0.25) is 4.84 Å². The summed E-state index contributed by atoms with van der Waals surface area (Å²) in [4.78, 5) is 5.00. The number of hydroxylamine groups is 1. The Morgan fingerprint density at radius 1 is 1.36 bits per heavy atom. The van der Waals surface area contributed by atoms with Gasteiger partial charge in [-0.15, -0.1) is 0 Å². The molecule has 0 aliphatic heterocycles. The summed E-state index contributed by atoms with van der Waals surface area (Å²) in [5.74, 6) is 0. The molecule has 0 aliphatic carbocycles. The molecule has 0 amide bonds. The number of ether oxygens (including phenoxy) is 1. The van der Waals surface area contributed by atoms with Crippen LogP contribution in [0.1, 0.15) is 13.8 Å². The Morgan fingerprint density at radius 2 is 2.09 bits per heavy atom. The quantitative estimate of drug-likeness (QED) is 0.358. The summed E-state index contributed by atoms with van der Waals surface area (Å²) in [5.41, 5.74) is 4.08. The third-order valence-corrected chi connectivity index (χ3v) is 1.09. The van der Waals surface area contributed by atoms with Gasteiger partial charge in [0.2, 0.25) is 0 Å². The zero-order valence-corrected chi connectivity index (χ0v) is 7.52. The predicted octanol–water partition coefficient (Wildman–Crippen LogP) is 1.12. The van der Waals surface area contributed by atoms with Gasteiger partial charge in [-0.05, 0) is 13.8 Å². The number of hydrogen-bond acceptors (Lipinski definition) is 3. The minimum Gasteiger partial charge on any atom is -0.382 e. The second-order valence-corrected chi connectivity index (χ2v) is 2.47. The molecule has 0 aromatic carbocycles. The summed E-state index contributed by atoms with van der Waals surface area (Å²) in [6, 6.07) is 0. The van der Waals surface area contributed by atoms with E-state index in [1.165, 1.54) is 5.57 Å². The Hall–Kier alpha value is -0.380. The van der Waals surface area contributed by atoms with Crippen molar-refractivity contribution in [1.29, 1.82) is 0 Å². The molecular weight excluding hydrogens is 142 g/mol. The molecular formula is C8H17NO2. The van der Waals surface area contributed by atoms with Crippen LogP contribution in [-0.2, 0) is 9.57 Å². The zero-order chi connectivity index (χ0) is 8.53.